The summed E-state index contributed by atoms with van der Waals surface area (Å²) in [5.41, 5.74) is 2.45. The number of benzene rings is 1. The van der Waals surface area contributed by atoms with E-state index < -0.39 is 13.0 Å². The van der Waals surface area contributed by atoms with Crippen molar-refractivity contribution in [3.8, 4) is 0 Å². The summed E-state index contributed by atoms with van der Waals surface area (Å²) >= 11 is 0. The molecule has 0 saturated carbocycles. The van der Waals surface area contributed by atoms with Crippen LogP contribution < -0.4 is 5.32 Å². The second-order valence-electron chi connectivity index (χ2n) is 4.79. The summed E-state index contributed by atoms with van der Waals surface area (Å²) in [5.74, 6) is 0.341. The summed E-state index contributed by atoms with van der Waals surface area (Å²) in [7, 11) is 1.84. The van der Waals surface area contributed by atoms with Gasteiger partial charge in [-0.2, -0.15) is 0 Å². The number of halogens is 2. The smallest absolute Gasteiger partial charge is 0.261 e. The van der Waals surface area contributed by atoms with Gasteiger partial charge in [0.05, 0.1) is 12.1 Å². The summed E-state index contributed by atoms with van der Waals surface area (Å²) in [5, 5.41) is 3.18. The van der Waals surface area contributed by atoms with E-state index in [9.17, 15) is 8.78 Å². The molecular weight excluding hydrogens is 236 g/mol. The van der Waals surface area contributed by atoms with Crippen LogP contribution in [0.5, 0.6) is 0 Å². The summed E-state index contributed by atoms with van der Waals surface area (Å²) in [6.45, 7) is 1.63. The molecule has 1 aromatic carbocycles. The van der Waals surface area contributed by atoms with Gasteiger partial charge >= 0.3 is 0 Å². The van der Waals surface area contributed by atoms with Gasteiger partial charge in [-0.15, -0.1) is 0 Å². The molecule has 0 spiro atoms. The summed E-state index contributed by atoms with van der Waals surface area (Å²) in [6.07, 6.45) is -1.82. The highest BCUT2D eigenvalue weighted by Gasteiger charge is 2.33. The van der Waals surface area contributed by atoms with E-state index in [0.717, 1.165) is 12.0 Å². The van der Waals surface area contributed by atoms with E-state index in [2.05, 4.69) is 18.3 Å². The van der Waals surface area contributed by atoms with Gasteiger partial charge in [-0.25, -0.2) is 8.78 Å². The molecule has 1 aliphatic rings. The van der Waals surface area contributed by atoms with E-state index in [0.29, 0.717) is 5.92 Å². The molecule has 18 heavy (non-hydrogen) atoms. The van der Waals surface area contributed by atoms with Crippen LogP contribution in [0.25, 0.3) is 0 Å². The highest BCUT2D eigenvalue weighted by atomic mass is 19.3. The number of rotatable bonds is 4. The Bertz CT molecular complexity index is 397. The Morgan fingerprint density at radius 2 is 2.00 bits per heavy atom. The predicted octanol–water partition coefficient (Wildman–Crippen LogP) is 3.10. The Balaban J connectivity index is 2.20. The molecule has 100 valence electrons. The SMILES string of the molecule is CNC1c2ccccc2C(C)CC1OCC(F)F. The lowest BCUT2D eigenvalue weighted by molar-refractivity contribution is -0.0458. The largest absolute Gasteiger partial charge is 0.370 e. The molecule has 2 nitrogen and oxygen atoms in total. The topological polar surface area (TPSA) is 21.3 Å². The van der Waals surface area contributed by atoms with E-state index in [1.165, 1.54) is 5.56 Å². The highest BCUT2D eigenvalue weighted by molar-refractivity contribution is 5.36. The number of nitrogens with one attached hydrogen (secondary N) is 1. The van der Waals surface area contributed by atoms with Crippen molar-refractivity contribution in [3.05, 3.63) is 35.4 Å². The molecule has 2 rings (SSSR count). The molecule has 0 saturated heterocycles. The van der Waals surface area contributed by atoms with Gasteiger partial charge in [0.2, 0.25) is 0 Å². The second-order valence-corrected chi connectivity index (χ2v) is 4.79. The van der Waals surface area contributed by atoms with Crippen LogP contribution >= 0.6 is 0 Å². The van der Waals surface area contributed by atoms with Crippen molar-refractivity contribution >= 4 is 0 Å². The van der Waals surface area contributed by atoms with E-state index >= 15 is 0 Å². The van der Waals surface area contributed by atoms with Crippen LogP contribution in [-0.2, 0) is 4.74 Å². The molecule has 3 atom stereocenters. The number of likely N-dealkylation sites (N-methyl/N-ethyl adjacent to an activating group) is 1. The van der Waals surface area contributed by atoms with Gasteiger partial charge < -0.3 is 10.1 Å². The first-order valence-electron chi connectivity index (χ1n) is 6.29. The summed E-state index contributed by atoms with van der Waals surface area (Å²) in [6, 6.07) is 8.14. The van der Waals surface area contributed by atoms with Crippen molar-refractivity contribution < 1.29 is 13.5 Å². The summed E-state index contributed by atoms with van der Waals surface area (Å²) < 4.78 is 29.9. The van der Waals surface area contributed by atoms with Crippen LogP contribution in [0, 0.1) is 0 Å². The Morgan fingerprint density at radius 1 is 1.33 bits per heavy atom. The van der Waals surface area contributed by atoms with Crippen molar-refractivity contribution in [3.63, 3.8) is 0 Å². The predicted molar refractivity (Wildman–Crippen MR) is 67.0 cm³/mol. The van der Waals surface area contributed by atoms with Crippen molar-refractivity contribution in [1.29, 1.82) is 0 Å². The maximum Gasteiger partial charge on any atom is 0.261 e. The average molecular weight is 255 g/mol. The number of hydrogen-bond donors (Lipinski definition) is 1. The summed E-state index contributed by atoms with van der Waals surface area (Å²) in [4.78, 5) is 0. The normalized spacial score (nSPS) is 27.3. The van der Waals surface area contributed by atoms with Crippen molar-refractivity contribution in [2.75, 3.05) is 13.7 Å². The van der Waals surface area contributed by atoms with Crippen LogP contribution in [0.3, 0.4) is 0 Å². The van der Waals surface area contributed by atoms with Gasteiger partial charge in [0.25, 0.3) is 6.43 Å². The zero-order valence-electron chi connectivity index (χ0n) is 10.7. The Labute approximate surface area is 106 Å². The van der Waals surface area contributed by atoms with E-state index in [1.54, 1.807) is 0 Å². The van der Waals surface area contributed by atoms with Crippen molar-refractivity contribution in [2.45, 2.75) is 37.8 Å². The molecule has 0 bridgehead atoms. The van der Waals surface area contributed by atoms with Gasteiger partial charge in [-0.05, 0) is 30.5 Å². The quantitative estimate of drug-likeness (QED) is 0.892. The van der Waals surface area contributed by atoms with Gasteiger partial charge in [0, 0.05) is 0 Å². The molecule has 1 aliphatic carbocycles. The first-order valence-corrected chi connectivity index (χ1v) is 6.29. The van der Waals surface area contributed by atoms with Crippen molar-refractivity contribution in [1.82, 2.24) is 5.32 Å². The van der Waals surface area contributed by atoms with Crippen molar-refractivity contribution in [2.24, 2.45) is 0 Å². The third-order valence-corrected chi connectivity index (χ3v) is 3.57. The van der Waals surface area contributed by atoms with Crippen LogP contribution in [0.1, 0.15) is 36.4 Å². The fourth-order valence-corrected chi connectivity index (χ4v) is 2.76. The Morgan fingerprint density at radius 3 is 2.61 bits per heavy atom. The highest BCUT2D eigenvalue weighted by Crippen LogP contribution is 2.38. The van der Waals surface area contributed by atoms with Crippen LogP contribution in [0.4, 0.5) is 8.78 Å². The van der Waals surface area contributed by atoms with Crippen LogP contribution in [-0.4, -0.2) is 26.2 Å². The molecule has 1 aromatic rings. The molecule has 3 unspecified atom stereocenters. The monoisotopic (exact) mass is 255 g/mol. The molecule has 0 aliphatic heterocycles. The number of hydrogen-bond acceptors (Lipinski definition) is 2. The molecule has 0 heterocycles. The van der Waals surface area contributed by atoms with Gasteiger partial charge in [0.1, 0.15) is 6.61 Å². The average Bonchev–Trinajstić information content (AvgIpc) is 2.36. The molecule has 1 N–H and O–H groups in total. The fraction of sp³-hybridized carbons (Fsp3) is 0.571. The molecule has 0 radical (unpaired) electrons. The molecular formula is C14H19F2NO. The second kappa shape index (κ2) is 5.76. The molecule has 0 aromatic heterocycles. The zero-order valence-corrected chi connectivity index (χ0v) is 10.7. The standard InChI is InChI=1S/C14H19F2NO/c1-9-7-12(18-8-13(15)16)14(17-2)11-6-4-3-5-10(9)11/h3-6,9,12-14,17H,7-8H2,1-2H3. The van der Waals surface area contributed by atoms with Gasteiger partial charge in [-0.1, -0.05) is 31.2 Å². The lowest BCUT2D eigenvalue weighted by Gasteiger charge is -2.36. The lowest BCUT2D eigenvalue weighted by atomic mass is 9.79. The lowest BCUT2D eigenvalue weighted by Crippen LogP contribution is -2.37. The molecule has 0 fully saturated rings. The van der Waals surface area contributed by atoms with Crippen LogP contribution in [0.15, 0.2) is 24.3 Å². The maximum atomic E-state index is 12.3. The minimum atomic E-state index is -2.41. The maximum absolute atomic E-state index is 12.3. The number of ether oxygens (including phenoxy) is 1. The minimum absolute atomic E-state index is 0.00356. The zero-order chi connectivity index (χ0) is 13.1. The Kier molecular flexibility index (Phi) is 4.30. The van der Waals surface area contributed by atoms with Crippen LogP contribution in [0.2, 0.25) is 0 Å². The third kappa shape index (κ3) is 2.70. The third-order valence-electron chi connectivity index (χ3n) is 3.57. The molecule has 4 heteroatoms. The first-order chi connectivity index (χ1) is 8.63. The minimum Gasteiger partial charge on any atom is -0.370 e. The van der Waals surface area contributed by atoms with E-state index in [1.807, 2.05) is 25.2 Å². The Hall–Kier alpha value is -1.00. The van der Waals surface area contributed by atoms with Gasteiger partial charge in [0.15, 0.2) is 0 Å². The molecule has 0 amide bonds. The van der Waals surface area contributed by atoms with Gasteiger partial charge in [-0.3, -0.25) is 0 Å². The number of alkyl halides is 2. The van der Waals surface area contributed by atoms with E-state index in [4.69, 9.17) is 4.74 Å². The van der Waals surface area contributed by atoms with E-state index in [-0.39, 0.29) is 12.1 Å². The first kappa shape index (κ1) is 13.4. The number of fused-ring (bicyclic) bond motifs is 1. The fourth-order valence-electron chi connectivity index (χ4n) is 2.76.